The molecule has 1 unspecified atom stereocenters. The lowest BCUT2D eigenvalue weighted by Crippen LogP contribution is -2.22. The highest BCUT2D eigenvalue weighted by Crippen LogP contribution is 2.32. The minimum absolute atomic E-state index is 0.0705. The first-order valence-corrected chi connectivity index (χ1v) is 7.74. The van der Waals surface area contributed by atoms with Gasteiger partial charge in [-0.15, -0.1) is 5.10 Å². The maximum atomic E-state index is 6.09. The van der Waals surface area contributed by atoms with Gasteiger partial charge in [0.15, 0.2) is 0 Å². The molecule has 0 aliphatic rings. The predicted molar refractivity (Wildman–Crippen MR) is 82.8 cm³/mol. The largest absolute Gasteiger partial charge is 0.495 e. The van der Waals surface area contributed by atoms with Gasteiger partial charge in [0, 0.05) is 0 Å². The Morgan fingerprint density at radius 2 is 2.20 bits per heavy atom. The van der Waals surface area contributed by atoms with E-state index in [0.29, 0.717) is 10.8 Å². The number of nitrogens with one attached hydrogen (secondary N) is 1. The lowest BCUT2D eigenvalue weighted by atomic mass is 10.0. The second kappa shape index (κ2) is 7.02. The fraction of sp³-hybridized carbons (Fsp3) is 0.429. The fourth-order valence-corrected chi connectivity index (χ4v) is 3.14. The lowest BCUT2D eigenvalue weighted by molar-refractivity contribution is 0.414. The molecule has 6 heteroatoms. The molecular formula is C14H18ClN3OS. The number of aromatic nitrogens is 2. The van der Waals surface area contributed by atoms with Crippen LogP contribution in [0.3, 0.4) is 0 Å². The van der Waals surface area contributed by atoms with E-state index >= 15 is 0 Å². The summed E-state index contributed by atoms with van der Waals surface area (Å²) >= 11 is 7.53. The van der Waals surface area contributed by atoms with Crippen LogP contribution < -0.4 is 10.1 Å². The van der Waals surface area contributed by atoms with Gasteiger partial charge >= 0.3 is 0 Å². The zero-order chi connectivity index (χ0) is 14.5. The highest BCUT2D eigenvalue weighted by Gasteiger charge is 2.20. The molecule has 1 atom stereocenters. The van der Waals surface area contributed by atoms with E-state index in [0.717, 1.165) is 29.1 Å². The molecular weight excluding hydrogens is 294 g/mol. The van der Waals surface area contributed by atoms with Crippen molar-refractivity contribution in [2.45, 2.75) is 26.3 Å². The fourth-order valence-electron chi connectivity index (χ4n) is 2.10. The van der Waals surface area contributed by atoms with Crippen LogP contribution in [0.15, 0.2) is 18.2 Å². The van der Waals surface area contributed by atoms with Crippen LogP contribution in [0.1, 0.15) is 36.0 Å². The molecule has 108 valence electrons. The Kier molecular flexibility index (Phi) is 5.34. The number of halogens is 1. The molecule has 0 fully saturated rings. The first kappa shape index (κ1) is 15.2. The molecule has 2 rings (SSSR count). The van der Waals surface area contributed by atoms with Crippen molar-refractivity contribution in [3.8, 4) is 5.75 Å². The van der Waals surface area contributed by atoms with Crippen molar-refractivity contribution in [1.29, 1.82) is 0 Å². The summed E-state index contributed by atoms with van der Waals surface area (Å²) in [5.41, 5.74) is 2.14. The molecule has 0 spiro atoms. The van der Waals surface area contributed by atoms with Crippen molar-refractivity contribution in [3.05, 3.63) is 39.4 Å². The Hall–Kier alpha value is -1.17. The Balaban J connectivity index is 2.43. The zero-order valence-corrected chi connectivity index (χ0v) is 13.4. The third kappa shape index (κ3) is 3.11. The average Bonchev–Trinajstić information content (AvgIpc) is 2.93. The van der Waals surface area contributed by atoms with Gasteiger partial charge in [-0.3, -0.25) is 0 Å². The third-order valence-electron chi connectivity index (χ3n) is 3.10. The van der Waals surface area contributed by atoms with Crippen molar-refractivity contribution in [2.75, 3.05) is 13.7 Å². The van der Waals surface area contributed by atoms with Gasteiger partial charge in [0.25, 0.3) is 0 Å². The Labute approximate surface area is 128 Å². The second-order valence-corrected chi connectivity index (χ2v) is 5.52. The van der Waals surface area contributed by atoms with Gasteiger partial charge in [0.1, 0.15) is 5.75 Å². The number of ether oxygens (including phenoxy) is 1. The van der Waals surface area contributed by atoms with Gasteiger partial charge in [-0.2, -0.15) is 0 Å². The molecule has 1 aromatic carbocycles. The molecule has 20 heavy (non-hydrogen) atoms. The molecule has 0 bridgehead atoms. The van der Waals surface area contributed by atoms with E-state index in [-0.39, 0.29) is 6.04 Å². The van der Waals surface area contributed by atoms with Gasteiger partial charge in [0.2, 0.25) is 0 Å². The molecule has 0 aliphatic carbocycles. The van der Waals surface area contributed by atoms with Gasteiger partial charge in [0.05, 0.1) is 28.7 Å². The SMILES string of the molecule is CCNC(c1ccc(Cl)c(OC)c1)c1snnc1CC. The minimum atomic E-state index is 0.0705. The molecule has 2 aromatic rings. The topological polar surface area (TPSA) is 47.0 Å². The number of aryl methyl sites for hydroxylation is 1. The van der Waals surface area contributed by atoms with Gasteiger partial charge in [-0.05, 0) is 42.2 Å². The van der Waals surface area contributed by atoms with Crippen molar-refractivity contribution in [3.63, 3.8) is 0 Å². The summed E-state index contributed by atoms with van der Waals surface area (Å²) in [7, 11) is 1.62. The van der Waals surface area contributed by atoms with Crippen molar-refractivity contribution >= 4 is 23.1 Å². The Morgan fingerprint density at radius 1 is 1.40 bits per heavy atom. The predicted octanol–water partition coefficient (Wildman–Crippen LogP) is 3.46. The quantitative estimate of drug-likeness (QED) is 0.887. The third-order valence-corrected chi connectivity index (χ3v) is 4.24. The Morgan fingerprint density at radius 3 is 2.85 bits per heavy atom. The number of nitrogens with zero attached hydrogens (tertiary/aromatic N) is 2. The summed E-state index contributed by atoms with van der Waals surface area (Å²) in [4.78, 5) is 1.15. The van der Waals surface area contributed by atoms with E-state index in [2.05, 4.69) is 28.8 Å². The highest BCUT2D eigenvalue weighted by molar-refractivity contribution is 7.05. The van der Waals surface area contributed by atoms with Crippen LogP contribution in [0.5, 0.6) is 5.75 Å². The summed E-state index contributed by atoms with van der Waals surface area (Å²) in [6.07, 6.45) is 0.873. The monoisotopic (exact) mass is 311 g/mol. The normalized spacial score (nSPS) is 12.4. The summed E-state index contributed by atoms with van der Waals surface area (Å²) in [6.45, 7) is 5.03. The molecule has 0 saturated carbocycles. The number of hydrogen-bond acceptors (Lipinski definition) is 5. The first-order valence-electron chi connectivity index (χ1n) is 6.59. The lowest BCUT2D eigenvalue weighted by Gasteiger charge is -2.18. The molecule has 1 N–H and O–H groups in total. The molecule has 0 saturated heterocycles. The van der Waals surface area contributed by atoms with Crippen LogP contribution in [0.2, 0.25) is 5.02 Å². The number of benzene rings is 1. The highest BCUT2D eigenvalue weighted by atomic mass is 35.5. The van der Waals surface area contributed by atoms with Crippen LogP contribution in [0.25, 0.3) is 0 Å². The molecule has 0 radical (unpaired) electrons. The molecule has 0 amide bonds. The van der Waals surface area contributed by atoms with Crippen LogP contribution in [-0.2, 0) is 6.42 Å². The zero-order valence-electron chi connectivity index (χ0n) is 11.8. The van der Waals surface area contributed by atoms with E-state index in [1.807, 2.05) is 18.2 Å². The van der Waals surface area contributed by atoms with E-state index in [4.69, 9.17) is 16.3 Å². The summed E-state index contributed by atoms with van der Waals surface area (Å²) in [5, 5.41) is 8.29. The molecule has 4 nitrogen and oxygen atoms in total. The number of methoxy groups -OCH3 is 1. The second-order valence-electron chi connectivity index (χ2n) is 4.32. The standard InChI is InChI=1S/C14H18ClN3OS/c1-4-11-14(20-18-17-11)13(16-5-2)9-6-7-10(15)12(8-9)19-3/h6-8,13,16H,4-5H2,1-3H3. The van der Waals surface area contributed by atoms with Crippen LogP contribution in [0.4, 0.5) is 0 Å². The summed E-state index contributed by atoms with van der Waals surface area (Å²) < 4.78 is 9.38. The maximum absolute atomic E-state index is 6.09. The smallest absolute Gasteiger partial charge is 0.137 e. The first-order chi connectivity index (χ1) is 9.71. The minimum Gasteiger partial charge on any atom is -0.495 e. The van der Waals surface area contributed by atoms with Gasteiger partial charge < -0.3 is 10.1 Å². The van der Waals surface area contributed by atoms with Crippen LogP contribution in [-0.4, -0.2) is 23.2 Å². The molecule has 1 heterocycles. The van der Waals surface area contributed by atoms with Crippen LogP contribution >= 0.6 is 23.1 Å². The number of hydrogen-bond donors (Lipinski definition) is 1. The maximum Gasteiger partial charge on any atom is 0.137 e. The van der Waals surface area contributed by atoms with E-state index in [1.54, 1.807) is 7.11 Å². The summed E-state index contributed by atoms with van der Waals surface area (Å²) in [6, 6.07) is 5.91. The van der Waals surface area contributed by atoms with Crippen molar-refractivity contribution < 1.29 is 4.74 Å². The van der Waals surface area contributed by atoms with E-state index in [9.17, 15) is 0 Å². The molecule has 1 aromatic heterocycles. The van der Waals surface area contributed by atoms with Crippen LogP contribution in [0, 0.1) is 0 Å². The Bertz CT molecular complexity index is 573. The summed E-state index contributed by atoms with van der Waals surface area (Å²) in [5.74, 6) is 0.683. The van der Waals surface area contributed by atoms with E-state index < -0.39 is 0 Å². The van der Waals surface area contributed by atoms with Gasteiger partial charge in [-0.1, -0.05) is 36.0 Å². The average molecular weight is 312 g/mol. The number of rotatable bonds is 6. The van der Waals surface area contributed by atoms with Crippen molar-refractivity contribution in [2.24, 2.45) is 0 Å². The van der Waals surface area contributed by atoms with Crippen molar-refractivity contribution in [1.82, 2.24) is 14.9 Å². The van der Waals surface area contributed by atoms with Gasteiger partial charge in [-0.25, -0.2) is 0 Å². The molecule has 0 aliphatic heterocycles. The van der Waals surface area contributed by atoms with E-state index in [1.165, 1.54) is 11.5 Å².